The fourth-order valence-corrected chi connectivity index (χ4v) is 3.84. The third-order valence-corrected chi connectivity index (χ3v) is 5.48. The summed E-state index contributed by atoms with van der Waals surface area (Å²) in [6.07, 6.45) is 7.82. The minimum Gasteiger partial charge on any atom is -0.436 e. The van der Waals surface area contributed by atoms with Gasteiger partial charge in [0.1, 0.15) is 18.0 Å². The van der Waals surface area contributed by atoms with Crippen molar-refractivity contribution in [3.8, 4) is 11.6 Å². The van der Waals surface area contributed by atoms with Crippen LogP contribution in [0.5, 0.6) is 11.6 Å². The van der Waals surface area contributed by atoms with Gasteiger partial charge in [0.2, 0.25) is 17.6 Å². The van der Waals surface area contributed by atoms with E-state index in [-0.39, 0.29) is 28.8 Å². The molecule has 3 aromatic heterocycles. The van der Waals surface area contributed by atoms with Crippen LogP contribution >= 0.6 is 0 Å². The fraction of sp³-hybridized carbons (Fsp3) is 0.333. The van der Waals surface area contributed by atoms with Gasteiger partial charge in [0.15, 0.2) is 5.75 Å². The SMILES string of the molecule is CC(=O)Nc1cc2c(cn1)C1(CC1)CN2c1cc(Oc2cncnc2)nc(C(C)(F)F)n1. The summed E-state index contributed by atoms with van der Waals surface area (Å²) in [5.41, 5.74) is 1.68. The van der Waals surface area contributed by atoms with Gasteiger partial charge < -0.3 is 15.0 Å². The summed E-state index contributed by atoms with van der Waals surface area (Å²) in [6.45, 7) is 2.69. The minimum atomic E-state index is -3.28. The Balaban J connectivity index is 1.59. The van der Waals surface area contributed by atoms with Crippen LogP contribution in [0.1, 0.15) is 38.1 Å². The van der Waals surface area contributed by atoms with Gasteiger partial charge in [-0.2, -0.15) is 13.8 Å². The number of hydrogen-bond acceptors (Lipinski definition) is 8. The van der Waals surface area contributed by atoms with E-state index < -0.39 is 11.7 Å². The van der Waals surface area contributed by atoms with Crippen LogP contribution in [0.2, 0.25) is 0 Å². The van der Waals surface area contributed by atoms with Crippen LogP contribution in [0.3, 0.4) is 0 Å². The monoisotopic (exact) mass is 439 g/mol. The number of pyridine rings is 1. The van der Waals surface area contributed by atoms with Gasteiger partial charge >= 0.3 is 5.92 Å². The lowest BCUT2D eigenvalue weighted by atomic mass is 10.0. The second kappa shape index (κ2) is 7.14. The molecule has 1 amide bonds. The Hall–Kier alpha value is -3.76. The molecule has 1 aliphatic carbocycles. The number of aromatic nitrogens is 5. The maximum Gasteiger partial charge on any atom is 0.304 e. The summed E-state index contributed by atoms with van der Waals surface area (Å²) in [5.74, 6) is -3.31. The van der Waals surface area contributed by atoms with Crippen molar-refractivity contribution in [3.05, 3.63) is 48.4 Å². The van der Waals surface area contributed by atoms with Crippen molar-refractivity contribution >= 4 is 23.2 Å². The van der Waals surface area contributed by atoms with Crippen LogP contribution < -0.4 is 15.0 Å². The molecule has 5 rings (SSSR count). The lowest BCUT2D eigenvalue weighted by molar-refractivity contribution is -0.114. The molecule has 1 fully saturated rings. The molecule has 164 valence electrons. The lowest BCUT2D eigenvalue weighted by Gasteiger charge is -2.21. The van der Waals surface area contributed by atoms with Gasteiger partial charge in [0, 0.05) is 49.7 Å². The Morgan fingerprint density at radius 1 is 1.19 bits per heavy atom. The summed E-state index contributed by atoms with van der Waals surface area (Å²) >= 11 is 0. The minimum absolute atomic E-state index is 0.0456. The molecule has 2 aliphatic rings. The Morgan fingerprint density at radius 3 is 2.59 bits per heavy atom. The van der Waals surface area contributed by atoms with Gasteiger partial charge in [-0.1, -0.05) is 0 Å². The van der Waals surface area contributed by atoms with Crippen LogP contribution in [0.15, 0.2) is 37.1 Å². The first-order valence-corrected chi connectivity index (χ1v) is 9.99. The van der Waals surface area contributed by atoms with Crippen molar-refractivity contribution < 1.29 is 18.3 Å². The molecule has 0 bridgehead atoms. The van der Waals surface area contributed by atoms with Crippen molar-refractivity contribution in [2.75, 3.05) is 16.8 Å². The summed E-state index contributed by atoms with van der Waals surface area (Å²) < 4.78 is 34.1. The smallest absolute Gasteiger partial charge is 0.304 e. The molecule has 1 N–H and O–H groups in total. The molecule has 0 saturated heterocycles. The van der Waals surface area contributed by atoms with Crippen molar-refractivity contribution in [2.45, 2.75) is 38.0 Å². The summed E-state index contributed by atoms with van der Waals surface area (Å²) in [6, 6.07) is 3.24. The van der Waals surface area contributed by atoms with Crippen LogP contribution in [0.25, 0.3) is 0 Å². The number of nitrogens with one attached hydrogen (secondary N) is 1. The summed E-state index contributed by atoms with van der Waals surface area (Å²) in [5, 5.41) is 2.67. The van der Waals surface area contributed by atoms with Crippen molar-refractivity contribution in [2.24, 2.45) is 0 Å². The van der Waals surface area contributed by atoms with E-state index in [4.69, 9.17) is 4.74 Å². The highest BCUT2D eigenvalue weighted by atomic mass is 19.3. The number of ether oxygens (including phenoxy) is 1. The zero-order valence-corrected chi connectivity index (χ0v) is 17.3. The predicted octanol–water partition coefficient (Wildman–Crippen LogP) is 3.71. The largest absolute Gasteiger partial charge is 0.436 e. The van der Waals surface area contributed by atoms with E-state index in [9.17, 15) is 13.6 Å². The van der Waals surface area contributed by atoms with Gasteiger partial charge in [0.05, 0.1) is 18.1 Å². The van der Waals surface area contributed by atoms with Crippen molar-refractivity contribution in [1.29, 1.82) is 0 Å². The van der Waals surface area contributed by atoms with E-state index in [1.807, 2.05) is 4.90 Å². The first-order chi connectivity index (χ1) is 15.2. The number of carbonyl (C=O) groups excluding carboxylic acids is 1. The molecule has 9 nitrogen and oxygen atoms in total. The second-order valence-electron chi connectivity index (χ2n) is 8.09. The molecular formula is C21H19F2N7O2. The van der Waals surface area contributed by atoms with E-state index >= 15 is 0 Å². The third-order valence-electron chi connectivity index (χ3n) is 5.48. The number of fused-ring (bicyclic) bond motifs is 2. The number of amides is 1. The molecule has 3 aromatic rings. The first kappa shape index (κ1) is 20.2. The lowest BCUT2D eigenvalue weighted by Crippen LogP contribution is -2.22. The van der Waals surface area contributed by atoms with Crippen LogP contribution in [-0.4, -0.2) is 37.4 Å². The third kappa shape index (κ3) is 3.70. The number of rotatable bonds is 5. The predicted molar refractivity (Wildman–Crippen MR) is 110 cm³/mol. The standard InChI is InChI=1S/C21H19F2N7O2/c1-12(31)27-16-5-15-14(9-26-16)21(3-4-21)10-30(15)17-6-18(29-19(28-17)20(2,22)23)32-13-7-24-11-25-8-13/h5-9,11H,3-4,10H2,1-2H3,(H,26,27,31). The van der Waals surface area contributed by atoms with Gasteiger partial charge in [0.25, 0.3) is 0 Å². The number of hydrogen-bond donors (Lipinski definition) is 1. The fourth-order valence-electron chi connectivity index (χ4n) is 3.84. The normalized spacial score (nSPS) is 16.1. The molecule has 1 saturated carbocycles. The number of alkyl halides is 2. The highest BCUT2D eigenvalue weighted by molar-refractivity contribution is 5.89. The summed E-state index contributed by atoms with van der Waals surface area (Å²) in [7, 11) is 0. The highest BCUT2D eigenvalue weighted by Gasteiger charge is 2.53. The van der Waals surface area contributed by atoms with Crippen LogP contribution in [0, 0.1) is 0 Å². The molecule has 0 atom stereocenters. The molecule has 0 aromatic carbocycles. The topological polar surface area (TPSA) is 106 Å². The first-order valence-electron chi connectivity index (χ1n) is 9.99. The molecule has 1 aliphatic heterocycles. The van der Waals surface area contributed by atoms with Crippen LogP contribution in [-0.2, 0) is 16.1 Å². The van der Waals surface area contributed by atoms with Crippen molar-refractivity contribution in [3.63, 3.8) is 0 Å². The van der Waals surface area contributed by atoms with Crippen LogP contribution in [0.4, 0.5) is 26.1 Å². The van der Waals surface area contributed by atoms with Gasteiger partial charge in [-0.05, 0) is 12.8 Å². The van der Waals surface area contributed by atoms with Gasteiger partial charge in [-0.15, -0.1) is 0 Å². The molecule has 32 heavy (non-hydrogen) atoms. The second-order valence-corrected chi connectivity index (χ2v) is 8.09. The molecule has 4 heterocycles. The quantitative estimate of drug-likeness (QED) is 0.641. The van der Waals surface area contributed by atoms with E-state index in [1.54, 1.807) is 12.3 Å². The number of carbonyl (C=O) groups is 1. The Kier molecular flexibility index (Phi) is 4.50. The average molecular weight is 439 g/mol. The summed E-state index contributed by atoms with van der Waals surface area (Å²) in [4.78, 5) is 33.4. The zero-order chi connectivity index (χ0) is 22.5. The van der Waals surface area contributed by atoms with E-state index in [0.29, 0.717) is 12.4 Å². The molecule has 1 spiro atoms. The molecule has 11 heteroatoms. The Labute approximate surface area is 181 Å². The van der Waals surface area contributed by atoms with E-state index in [2.05, 4.69) is 30.2 Å². The van der Waals surface area contributed by atoms with E-state index in [1.165, 1.54) is 31.7 Å². The van der Waals surface area contributed by atoms with Gasteiger partial charge in [-0.25, -0.2) is 19.9 Å². The number of anilines is 3. The highest BCUT2D eigenvalue weighted by Crippen LogP contribution is 2.58. The average Bonchev–Trinajstić information content (AvgIpc) is 3.44. The molecule has 0 radical (unpaired) electrons. The Morgan fingerprint density at radius 2 is 1.94 bits per heavy atom. The number of halogens is 2. The molecule has 0 unspecified atom stereocenters. The van der Waals surface area contributed by atoms with Gasteiger partial charge in [-0.3, -0.25) is 4.79 Å². The maximum atomic E-state index is 14.2. The van der Waals surface area contributed by atoms with E-state index in [0.717, 1.165) is 31.0 Å². The van der Waals surface area contributed by atoms with Crippen molar-refractivity contribution in [1.82, 2.24) is 24.9 Å². The molecular weight excluding hydrogens is 420 g/mol. The Bertz CT molecular complexity index is 1200. The number of nitrogens with zero attached hydrogens (tertiary/aromatic N) is 6. The zero-order valence-electron chi connectivity index (χ0n) is 17.3. The maximum absolute atomic E-state index is 14.2.